The highest BCUT2D eigenvalue weighted by atomic mass is 35.5. The highest BCUT2D eigenvalue weighted by Gasteiger charge is 2.33. The van der Waals surface area contributed by atoms with Gasteiger partial charge in [0.05, 0.1) is 5.57 Å². The van der Waals surface area contributed by atoms with Crippen molar-refractivity contribution in [1.29, 1.82) is 0 Å². The van der Waals surface area contributed by atoms with Gasteiger partial charge in [0.25, 0.3) is 5.91 Å². The van der Waals surface area contributed by atoms with E-state index in [1.54, 1.807) is 28.9 Å². The molecular formula is C26H22ClN5O2. The third-order valence-electron chi connectivity index (χ3n) is 5.59. The molecule has 0 aliphatic carbocycles. The summed E-state index contributed by atoms with van der Waals surface area (Å²) in [6.07, 6.45) is 1.47. The number of halogens is 1. The Morgan fingerprint density at radius 2 is 1.79 bits per heavy atom. The molecule has 0 bridgehead atoms. The summed E-state index contributed by atoms with van der Waals surface area (Å²) in [6.45, 7) is 2.34. The van der Waals surface area contributed by atoms with E-state index in [-0.39, 0.29) is 5.91 Å². The number of allylic oxidation sites excluding steroid dienone is 1. The average molecular weight is 472 g/mol. The lowest BCUT2D eigenvalue weighted by molar-refractivity contribution is -0.113. The number of nitrogens with zero attached hydrogens (tertiary/aromatic N) is 3. The lowest BCUT2D eigenvalue weighted by Crippen LogP contribution is -2.31. The quantitative estimate of drug-likeness (QED) is 0.391. The molecule has 1 aliphatic heterocycles. The number of benzene rings is 3. The van der Waals surface area contributed by atoms with Crippen molar-refractivity contribution in [2.24, 2.45) is 0 Å². The van der Waals surface area contributed by atoms with Crippen LogP contribution in [-0.2, 0) is 11.4 Å². The Labute approximate surface area is 202 Å². The Morgan fingerprint density at radius 1 is 1.06 bits per heavy atom. The van der Waals surface area contributed by atoms with Crippen LogP contribution in [0.15, 0.2) is 96.5 Å². The van der Waals surface area contributed by atoms with Crippen molar-refractivity contribution >= 4 is 29.1 Å². The summed E-state index contributed by atoms with van der Waals surface area (Å²) in [4.78, 5) is 17.7. The van der Waals surface area contributed by atoms with Crippen molar-refractivity contribution in [3.8, 4) is 5.75 Å². The number of amides is 1. The first-order valence-electron chi connectivity index (χ1n) is 10.8. The van der Waals surface area contributed by atoms with Crippen LogP contribution in [0.5, 0.6) is 5.75 Å². The second-order valence-corrected chi connectivity index (χ2v) is 8.34. The Morgan fingerprint density at radius 3 is 2.53 bits per heavy atom. The van der Waals surface area contributed by atoms with E-state index in [2.05, 4.69) is 20.7 Å². The summed E-state index contributed by atoms with van der Waals surface area (Å²) in [6, 6.07) is 24.3. The van der Waals surface area contributed by atoms with Crippen LogP contribution in [0.1, 0.15) is 24.1 Å². The number of rotatable bonds is 6. The topological polar surface area (TPSA) is 81.1 Å². The van der Waals surface area contributed by atoms with E-state index in [1.165, 1.54) is 6.33 Å². The van der Waals surface area contributed by atoms with E-state index in [0.717, 1.165) is 16.9 Å². The van der Waals surface area contributed by atoms with Gasteiger partial charge in [0.1, 0.15) is 24.7 Å². The summed E-state index contributed by atoms with van der Waals surface area (Å²) in [5, 5.41) is 11.1. The number of fused-ring (bicyclic) bond motifs is 1. The van der Waals surface area contributed by atoms with Crippen LogP contribution in [-0.4, -0.2) is 20.7 Å². The molecule has 34 heavy (non-hydrogen) atoms. The fourth-order valence-corrected chi connectivity index (χ4v) is 4.04. The van der Waals surface area contributed by atoms with E-state index in [1.807, 2.05) is 61.5 Å². The predicted molar refractivity (Wildman–Crippen MR) is 132 cm³/mol. The smallest absolute Gasteiger partial charge is 0.255 e. The molecule has 0 unspecified atom stereocenters. The second-order valence-electron chi connectivity index (χ2n) is 7.90. The van der Waals surface area contributed by atoms with Crippen molar-refractivity contribution in [2.45, 2.75) is 19.6 Å². The van der Waals surface area contributed by atoms with Crippen LogP contribution in [0, 0.1) is 0 Å². The number of hydrogen-bond acceptors (Lipinski definition) is 5. The molecule has 0 spiro atoms. The molecule has 0 radical (unpaired) electrons. The van der Waals surface area contributed by atoms with Gasteiger partial charge in [-0.3, -0.25) is 4.79 Å². The third kappa shape index (κ3) is 4.51. The molecule has 0 fully saturated rings. The molecule has 1 aliphatic rings. The Hall–Kier alpha value is -4.10. The molecular weight excluding hydrogens is 450 g/mol. The molecule has 1 aromatic heterocycles. The first kappa shape index (κ1) is 21.7. The zero-order chi connectivity index (χ0) is 23.5. The zero-order valence-electron chi connectivity index (χ0n) is 18.4. The van der Waals surface area contributed by atoms with Crippen LogP contribution in [0.25, 0.3) is 0 Å². The SMILES string of the molecule is CC1=C(C(=O)Nc2ccc(Cl)cc2)[C@H](c2ccc(OCc3ccccc3)cc2)n2ncnc2N1. The number of anilines is 2. The largest absolute Gasteiger partial charge is 0.489 e. The minimum atomic E-state index is -0.450. The monoisotopic (exact) mass is 471 g/mol. The lowest BCUT2D eigenvalue weighted by Gasteiger charge is -2.28. The van der Waals surface area contributed by atoms with Gasteiger partial charge in [-0.05, 0) is 54.4 Å². The van der Waals surface area contributed by atoms with Gasteiger partial charge in [-0.1, -0.05) is 54.1 Å². The van der Waals surface area contributed by atoms with Crippen LogP contribution < -0.4 is 15.4 Å². The highest BCUT2D eigenvalue weighted by molar-refractivity contribution is 6.30. The van der Waals surface area contributed by atoms with Crippen LogP contribution in [0.2, 0.25) is 5.02 Å². The van der Waals surface area contributed by atoms with Gasteiger partial charge in [0.2, 0.25) is 5.95 Å². The number of hydrogen-bond donors (Lipinski definition) is 2. The predicted octanol–water partition coefficient (Wildman–Crippen LogP) is 5.44. The first-order valence-corrected chi connectivity index (χ1v) is 11.2. The average Bonchev–Trinajstić information content (AvgIpc) is 3.32. The number of carbonyl (C=O) groups is 1. The molecule has 4 aromatic rings. The summed E-state index contributed by atoms with van der Waals surface area (Å²) in [7, 11) is 0. The van der Waals surface area contributed by atoms with Gasteiger partial charge in [0.15, 0.2) is 0 Å². The van der Waals surface area contributed by atoms with Crippen molar-refractivity contribution in [2.75, 3.05) is 10.6 Å². The van der Waals surface area contributed by atoms with Crippen molar-refractivity contribution in [1.82, 2.24) is 14.8 Å². The van der Waals surface area contributed by atoms with E-state index in [9.17, 15) is 4.79 Å². The van der Waals surface area contributed by atoms with Gasteiger partial charge in [0, 0.05) is 16.4 Å². The Bertz CT molecular complexity index is 1330. The normalized spacial score (nSPS) is 14.8. The summed E-state index contributed by atoms with van der Waals surface area (Å²) in [5.41, 5.74) is 3.90. The molecule has 0 saturated carbocycles. The molecule has 2 N–H and O–H groups in total. The molecule has 1 atom stereocenters. The standard InChI is InChI=1S/C26H22ClN5O2/c1-17-23(25(33)31-21-11-9-20(27)10-12-21)24(32-26(30-17)28-16-29-32)19-7-13-22(14-8-19)34-15-18-5-3-2-4-6-18/h2-14,16,24H,15H2,1H3,(H,31,33)(H,28,29,30)/t24-/m0/s1. The molecule has 3 aromatic carbocycles. The fraction of sp³-hybridized carbons (Fsp3) is 0.115. The molecule has 5 rings (SSSR count). The van der Waals surface area contributed by atoms with Gasteiger partial charge in [-0.15, -0.1) is 0 Å². The summed E-state index contributed by atoms with van der Waals surface area (Å²) >= 11 is 5.98. The third-order valence-corrected chi connectivity index (χ3v) is 5.84. The van der Waals surface area contributed by atoms with Gasteiger partial charge in [-0.2, -0.15) is 10.1 Å². The number of nitrogens with one attached hydrogen (secondary N) is 2. The van der Waals surface area contributed by atoms with Crippen molar-refractivity contribution in [3.05, 3.63) is 113 Å². The maximum atomic E-state index is 13.4. The van der Waals surface area contributed by atoms with E-state index in [4.69, 9.17) is 16.3 Å². The number of carbonyl (C=O) groups excluding carboxylic acids is 1. The minimum absolute atomic E-state index is 0.233. The maximum Gasteiger partial charge on any atom is 0.255 e. The number of aromatic nitrogens is 3. The Balaban J connectivity index is 1.41. The van der Waals surface area contributed by atoms with Crippen molar-refractivity contribution in [3.63, 3.8) is 0 Å². The maximum absolute atomic E-state index is 13.4. The van der Waals surface area contributed by atoms with Crippen LogP contribution >= 0.6 is 11.6 Å². The minimum Gasteiger partial charge on any atom is -0.489 e. The van der Waals surface area contributed by atoms with E-state index in [0.29, 0.717) is 34.5 Å². The van der Waals surface area contributed by atoms with E-state index >= 15 is 0 Å². The first-order chi connectivity index (χ1) is 16.6. The number of ether oxygens (including phenoxy) is 1. The Kier molecular flexibility index (Phi) is 6.01. The molecule has 0 saturated heterocycles. The molecule has 170 valence electrons. The van der Waals surface area contributed by atoms with Crippen LogP contribution in [0.3, 0.4) is 0 Å². The second kappa shape index (κ2) is 9.41. The highest BCUT2D eigenvalue weighted by Crippen LogP contribution is 2.36. The van der Waals surface area contributed by atoms with Crippen molar-refractivity contribution < 1.29 is 9.53 Å². The lowest BCUT2D eigenvalue weighted by atomic mass is 9.95. The van der Waals surface area contributed by atoms with Gasteiger partial charge < -0.3 is 15.4 Å². The summed E-state index contributed by atoms with van der Waals surface area (Å²) < 4.78 is 7.64. The van der Waals surface area contributed by atoms with Gasteiger partial charge >= 0.3 is 0 Å². The molecule has 2 heterocycles. The molecule has 8 heteroatoms. The summed E-state index contributed by atoms with van der Waals surface area (Å²) in [5.74, 6) is 1.09. The zero-order valence-corrected chi connectivity index (χ0v) is 19.2. The van der Waals surface area contributed by atoms with Crippen LogP contribution in [0.4, 0.5) is 11.6 Å². The molecule has 1 amide bonds. The fourth-order valence-electron chi connectivity index (χ4n) is 3.91. The van der Waals surface area contributed by atoms with E-state index < -0.39 is 6.04 Å². The molecule has 7 nitrogen and oxygen atoms in total. The van der Waals surface area contributed by atoms with Gasteiger partial charge in [-0.25, -0.2) is 4.68 Å².